The number of pyridine rings is 1. The highest BCUT2D eigenvalue weighted by molar-refractivity contribution is 6.25. The maximum absolute atomic E-state index is 13.5. The van der Waals surface area contributed by atoms with E-state index in [2.05, 4.69) is 25.8 Å². The average molecular weight is 845 g/mol. The maximum Gasteiger partial charge on any atom is 0.433 e. The van der Waals surface area contributed by atoms with E-state index in [1.54, 1.807) is 44.2 Å². The second kappa shape index (κ2) is 16.6. The summed E-state index contributed by atoms with van der Waals surface area (Å²) in [6, 6.07) is 10.6. The van der Waals surface area contributed by atoms with Gasteiger partial charge in [0, 0.05) is 61.1 Å². The molecule has 5 heterocycles. The zero-order chi connectivity index (χ0) is 43.2. The number of anilines is 2. The zero-order valence-electron chi connectivity index (χ0n) is 33.8. The molecule has 0 bridgehead atoms. The second-order valence-electron chi connectivity index (χ2n) is 16.8. The summed E-state index contributed by atoms with van der Waals surface area (Å²) < 4.78 is 47.8. The monoisotopic (exact) mass is 844 g/mol. The van der Waals surface area contributed by atoms with Gasteiger partial charge in [-0.15, -0.1) is 0 Å². The van der Waals surface area contributed by atoms with E-state index >= 15 is 0 Å². The summed E-state index contributed by atoms with van der Waals surface area (Å²) in [5, 5.41) is 24.7. The van der Waals surface area contributed by atoms with E-state index in [0.29, 0.717) is 47.6 Å². The number of aliphatic hydroxyl groups is 1. The first-order valence-corrected chi connectivity index (χ1v) is 20.6. The number of nitrogens with one attached hydrogen (secondary N) is 3. The predicted octanol–water partition coefficient (Wildman–Crippen LogP) is 5.27. The van der Waals surface area contributed by atoms with Gasteiger partial charge in [0.15, 0.2) is 0 Å². The number of carbonyl (C=O) groups is 5. The third kappa shape index (κ3) is 8.88. The molecule has 1 aliphatic carbocycles. The van der Waals surface area contributed by atoms with Gasteiger partial charge in [-0.3, -0.25) is 43.8 Å². The Labute approximate surface area is 349 Å². The molecule has 0 spiro atoms. The van der Waals surface area contributed by atoms with Crippen LogP contribution in [0.1, 0.15) is 107 Å². The quantitative estimate of drug-likeness (QED) is 0.144. The number of amides is 5. The first-order chi connectivity index (χ1) is 29.0. The van der Waals surface area contributed by atoms with Crippen molar-refractivity contribution in [2.45, 2.75) is 88.8 Å². The molecule has 0 radical (unpaired) electrons. The lowest BCUT2D eigenvalue weighted by Crippen LogP contribution is -2.54. The molecule has 4 aliphatic rings. The molecule has 4 aromatic rings. The third-order valence-corrected chi connectivity index (χ3v) is 12.0. The van der Waals surface area contributed by atoms with Gasteiger partial charge in [0.1, 0.15) is 17.4 Å². The Morgan fingerprint density at radius 1 is 0.984 bits per heavy atom. The number of piperidine rings is 1. The van der Waals surface area contributed by atoms with Crippen LogP contribution in [0.4, 0.5) is 24.5 Å². The van der Waals surface area contributed by atoms with E-state index in [1.807, 2.05) is 10.9 Å². The van der Waals surface area contributed by atoms with Crippen molar-refractivity contribution in [3.8, 4) is 0 Å². The van der Waals surface area contributed by atoms with Gasteiger partial charge in [-0.05, 0) is 94.7 Å². The first kappa shape index (κ1) is 42.0. The molecular weight excluding hydrogens is 798 g/mol. The smallest absolute Gasteiger partial charge is 0.386 e. The molecule has 3 fully saturated rings. The van der Waals surface area contributed by atoms with E-state index < -0.39 is 58.7 Å². The molecule has 2 saturated heterocycles. The fourth-order valence-electron chi connectivity index (χ4n) is 8.90. The first-order valence-electron chi connectivity index (χ1n) is 20.6. The molecule has 18 heteroatoms. The Kier molecular flexibility index (Phi) is 11.4. The van der Waals surface area contributed by atoms with Gasteiger partial charge in [0.25, 0.3) is 17.7 Å². The van der Waals surface area contributed by atoms with Crippen LogP contribution in [0.15, 0.2) is 54.7 Å². The van der Waals surface area contributed by atoms with Gasteiger partial charge in [-0.1, -0.05) is 12.1 Å². The molecule has 4 N–H and O–H groups in total. The van der Waals surface area contributed by atoms with Crippen LogP contribution >= 0.6 is 0 Å². The number of morpholine rings is 1. The lowest BCUT2D eigenvalue weighted by molar-refractivity contribution is -0.141. The number of nitrogens with zero attached hydrogens (tertiary/aromatic N) is 5. The van der Waals surface area contributed by atoms with Gasteiger partial charge in [-0.2, -0.15) is 18.3 Å². The number of carbonyl (C=O) groups excluding carboxylic acids is 5. The number of hydrogen-bond acceptors (Lipinski definition) is 11. The Morgan fingerprint density at radius 2 is 1.75 bits per heavy atom. The standard InChI is InChI=1S/C43H47F3N8O7/c1-42(2,60)29-20-32-25(19-33(29)49-38(56)31-7-4-8-35(48-31)43(44,45)46)22-53(51-32)26-11-9-24(10-12-26)21-52-17-18-61-27(23-52)15-16-47-30-6-3-5-28-37(30)41(59)54(40(28)58)34-13-14-36(55)50-39(34)57/h3-8,19-20,22,24,26-27,34,47,60H,9-18,21,23H2,1-2H3,(H,49,56)(H,50,55,57)/t24?,26?,27-,34?/m0/s1. The molecule has 322 valence electrons. The number of alkyl halides is 3. The number of ether oxygens (including phenoxy) is 1. The molecule has 8 rings (SSSR count). The lowest BCUT2D eigenvalue weighted by Gasteiger charge is -2.37. The van der Waals surface area contributed by atoms with Crippen molar-refractivity contribution in [2.75, 3.05) is 43.4 Å². The van der Waals surface area contributed by atoms with Crippen molar-refractivity contribution in [3.63, 3.8) is 0 Å². The molecule has 2 aromatic carbocycles. The molecule has 2 aromatic heterocycles. The molecule has 15 nitrogen and oxygen atoms in total. The number of benzene rings is 2. The zero-order valence-corrected chi connectivity index (χ0v) is 33.8. The minimum absolute atomic E-state index is 0.0343. The van der Waals surface area contributed by atoms with Crippen molar-refractivity contribution >= 4 is 51.8 Å². The van der Waals surface area contributed by atoms with Crippen molar-refractivity contribution in [1.29, 1.82) is 0 Å². The van der Waals surface area contributed by atoms with E-state index in [0.717, 1.165) is 62.4 Å². The van der Waals surface area contributed by atoms with Crippen LogP contribution in [-0.2, 0) is 26.1 Å². The van der Waals surface area contributed by atoms with Gasteiger partial charge in [-0.25, -0.2) is 4.98 Å². The average Bonchev–Trinajstić information content (AvgIpc) is 3.75. The van der Waals surface area contributed by atoms with Gasteiger partial charge in [0.05, 0.1) is 41.0 Å². The Bertz CT molecular complexity index is 2390. The molecule has 1 saturated carbocycles. The fraction of sp³-hybridized carbons (Fsp3) is 0.465. The minimum Gasteiger partial charge on any atom is -0.386 e. The predicted molar refractivity (Wildman–Crippen MR) is 216 cm³/mol. The van der Waals surface area contributed by atoms with Crippen molar-refractivity contribution in [3.05, 3.63) is 82.8 Å². The lowest BCUT2D eigenvalue weighted by atomic mass is 9.85. The molecular formula is C43H47F3N8O7. The fourth-order valence-corrected chi connectivity index (χ4v) is 8.90. The highest BCUT2D eigenvalue weighted by atomic mass is 19.4. The normalized spacial score (nSPS) is 22.7. The van der Waals surface area contributed by atoms with E-state index in [9.17, 15) is 42.3 Å². The second-order valence-corrected chi connectivity index (χ2v) is 16.8. The highest BCUT2D eigenvalue weighted by Crippen LogP contribution is 2.37. The highest BCUT2D eigenvalue weighted by Gasteiger charge is 2.45. The van der Waals surface area contributed by atoms with Crippen LogP contribution in [-0.4, -0.2) is 104 Å². The summed E-state index contributed by atoms with van der Waals surface area (Å²) in [5.41, 5.74) is -0.783. The Balaban J connectivity index is 0.843. The van der Waals surface area contributed by atoms with Crippen LogP contribution in [0.2, 0.25) is 0 Å². The molecule has 61 heavy (non-hydrogen) atoms. The largest absolute Gasteiger partial charge is 0.433 e. The summed E-state index contributed by atoms with van der Waals surface area (Å²) in [5.74, 6) is -2.53. The number of rotatable bonds is 11. The SMILES string of the molecule is CC(C)(O)c1cc2nn(C3CCC(CN4CCO[C@@H](CCNc5cccc6c5C(=O)N(C5CCC(=O)NC5=O)C6=O)C4)CC3)cc2cc1NC(=O)c1cccc(C(F)(F)F)n1. The van der Waals surface area contributed by atoms with E-state index in [4.69, 9.17) is 9.84 Å². The van der Waals surface area contributed by atoms with Crippen LogP contribution in [0.25, 0.3) is 10.9 Å². The molecule has 3 aliphatic heterocycles. The van der Waals surface area contributed by atoms with Gasteiger partial charge >= 0.3 is 6.18 Å². The molecule has 1 unspecified atom stereocenters. The summed E-state index contributed by atoms with van der Waals surface area (Å²) >= 11 is 0. The molecule has 2 atom stereocenters. The van der Waals surface area contributed by atoms with E-state index in [1.165, 1.54) is 6.07 Å². The summed E-state index contributed by atoms with van der Waals surface area (Å²) in [4.78, 5) is 70.8. The molecule has 5 amide bonds. The van der Waals surface area contributed by atoms with Crippen molar-refractivity contribution in [2.24, 2.45) is 5.92 Å². The summed E-state index contributed by atoms with van der Waals surface area (Å²) in [6.45, 7) is 6.71. The number of aromatic nitrogens is 3. The summed E-state index contributed by atoms with van der Waals surface area (Å²) in [7, 11) is 0. The van der Waals surface area contributed by atoms with E-state index in [-0.39, 0.29) is 41.8 Å². The Morgan fingerprint density at radius 3 is 2.49 bits per heavy atom. The van der Waals surface area contributed by atoms with Crippen LogP contribution in [0, 0.1) is 5.92 Å². The number of imide groups is 2. The van der Waals surface area contributed by atoms with Crippen molar-refractivity contribution < 1.29 is 47.0 Å². The number of hydrogen-bond donors (Lipinski definition) is 4. The van der Waals surface area contributed by atoms with Crippen molar-refractivity contribution in [1.82, 2.24) is 29.9 Å². The van der Waals surface area contributed by atoms with Crippen LogP contribution in [0.5, 0.6) is 0 Å². The summed E-state index contributed by atoms with van der Waals surface area (Å²) in [6.07, 6.45) is 1.77. The third-order valence-electron chi connectivity index (χ3n) is 12.0. The number of halogens is 3. The maximum atomic E-state index is 13.5. The minimum atomic E-state index is -4.71. The van der Waals surface area contributed by atoms with Gasteiger partial charge in [0.2, 0.25) is 11.8 Å². The Hall–Kier alpha value is -5.72. The van der Waals surface area contributed by atoms with Gasteiger partial charge < -0.3 is 20.5 Å². The topological polar surface area (TPSA) is 188 Å². The number of fused-ring (bicyclic) bond motifs is 2. The van der Waals surface area contributed by atoms with Crippen LogP contribution in [0.3, 0.4) is 0 Å². The van der Waals surface area contributed by atoms with Crippen LogP contribution < -0.4 is 16.0 Å².